The molecule has 1 aliphatic rings. The van der Waals surface area contributed by atoms with Crippen molar-refractivity contribution in [1.82, 2.24) is 0 Å². The molecule has 10 heteroatoms. The molecule has 0 saturated carbocycles. The summed E-state index contributed by atoms with van der Waals surface area (Å²) in [4.78, 5) is 0. The maximum absolute atomic E-state index is 12.6. The SMILES string of the molecule is FC(F)=C1C(C(F)(F)F)=C(F)C(F)(F)C1(F)F. The van der Waals surface area contributed by atoms with E-state index in [4.69, 9.17) is 0 Å². The third kappa shape index (κ3) is 1.69. The second kappa shape index (κ2) is 3.39. The minimum Gasteiger partial charge on any atom is -0.204 e. The summed E-state index contributed by atoms with van der Waals surface area (Å²) in [6.07, 6.45) is -9.79. The maximum atomic E-state index is 12.6. The number of rotatable bonds is 0. The molecule has 1 aliphatic carbocycles. The van der Waals surface area contributed by atoms with Crippen molar-refractivity contribution >= 4 is 0 Å². The fraction of sp³-hybridized carbons (Fsp3) is 0.429. The van der Waals surface area contributed by atoms with Crippen LogP contribution in [0.15, 0.2) is 23.1 Å². The summed E-state index contributed by atoms with van der Waals surface area (Å²) in [5.74, 6) is -15.5. The molecule has 0 aromatic heterocycles. The number of halogens is 10. The molecule has 98 valence electrons. The summed E-state index contributed by atoms with van der Waals surface area (Å²) in [5, 5.41) is 0. The zero-order valence-corrected chi connectivity index (χ0v) is 7.28. The summed E-state index contributed by atoms with van der Waals surface area (Å²) < 4.78 is 122. The Hall–Kier alpha value is -1.22. The Kier molecular flexibility index (Phi) is 2.76. The minimum atomic E-state index is -6.08. The van der Waals surface area contributed by atoms with E-state index in [1.807, 2.05) is 0 Å². The first-order valence-electron chi connectivity index (χ1n) is 3.64. The van der Waals surface area contributed by atoms with Crippen molar-refractivity contribution in [2.75, 3.05) is 0 Å². The average Bonchev–Trinajstić information content (AvgIpc) is 2.21. The van der Waals surface area contributed by atoms with Gasteiger partial charge in [0.05, 0.1) is 0 Å². The van der Waals surface area contributed by atoms with E-state index in [1.165, 1.54) is 0 Å². The first-order chi connectivity index (χ1) is 7.35. The van der Waals surface area contributed by atoms with Crippen molar-refractivity contribution in [2.45, 2.75) is 18.0 Å². The number of hydrogen-bond donors (Lipinski definition) is 0. The van der Waals surface area contributed by atoms with Crippen LogP contribution in [0.3, 0.4) is 0 Å². The maximum Gasteiger partial charge on any atom is 0.419 e. The van der Waals surface area contributed by atoms with Gasteiger partial charge in [-0.2, -0.15) is 39.5 Å². The number of allylic oxidation sites excluding steroid dienone is 3. The highest BCUT2D eigenvalue weighted by atomic mass is 19.4. The lowest BCUT2D eigenvalue weighted by Gasteiger charge is -2.19. The second-order valence-corrected chi connectivity index (χ2v) is 2.97. The van der Waals surface area contributed by atoms with Gasteiger partial charge in [-0.25, -0.2) is 4.39 Å². The van der Waals surface area contributed by atoms with Crippen LogP contribution in [0.2, 0.25) is 0 Å². The molecule has 0 aromatic rings. The lowest BCUT2D eigenvalue weighted by Crippen LogP contribution is -2.38. The van der Waals surface area contributed by atoms with E-state index in [0.717, 1.165) is 0 Å². The van der Waals surface area contributed by atoms with Crippen LogP contribution in [0.4, 0.5) is 43.9 Å². The lowest BCUT2D eigenvalue weighted by molar-refractivity contribution is -0.162. The smallest absolute Gasteiger partial charge is 0.204 e. The van der Waals surface area contributed by atoms with Crippen LogP contribution >= 0.6 is 0 Å². The van der Waals surface area contributed by atoms with E-state index in [1.54, 1.807) is 0 Å². The van der Waals surface area contributed by atoms with E-state index in [9.17, 15) is 43.9 Å². The molecule has 0 spiro atoms. The van der Waals surface area contributed by atoms with Gasteiger partial charge in [-0.05, 0) is 0 Å². The topological polar surface area (TPSA) is 0 Å². The van der Waals surface area contributed by atoms with Gasteiger partial charge in [0.15, 0.2) is 5.83 Å². The fourth-order valence-corrected chi connectivity index (χ4v) is 1.20. The first kappa shape index (κ1) is 13.8. The van der Waals surface area contributed by atoms with Crippen molar-refractivity contribution in [3.63, 3.8) is 0 Å². The van der Waals surface area contributed by atoms with Gasteiger partial charge in [0.1, 0.15) is 11.1 Å². The molecule has 0 aromatic carbocycles. The summed E-state index contributed by atoms with van der Waals surface area (Å²) in [6.45, 7) is 0. The molecule has 0 heterocycles. The molecule has 1 rings (SSSR count). The highest BCUT2D eigenvalue weighted by Gasteiger charge is 2.73. The van der Waals surface area contributed by atoms with Crippen molar-refractivity contribution in [2.24, 2.45) is 0 Å². The summed E-state index contributed by atoms with van der Waals surface area (Å²) in [5.41, 5.74) is -6.65. The van der Waals surface area contributed by atoms with Crippen LogP contribution in [0.25, 0.3) is 0 Å². The monoisotopic (exact) mass is 274 g/mol. The zero-order valence-electron chi connectivity index (χ0n) is 7.28. The van der Waals surface area contributed by atoms with E-state index < -0.39 is 41.1 Å². The van der Waals surface area contributed by atoms with Gasteiger partial charge in [-0.3, -0.25) is 0 Å². The van der Waals surface area contributed by atoms with E-state index in [0.29, 0.717) is 0 Å². The van der Waals surface area contributed by atoms with Crippen LogP contribution in [-0.4, -0.2) is 18.0 Å². The Bertz CT molecular complexity index is 405. The zero-order chi connectivity index (χ0) is 13.8. The molecule has 0 N–H and O–H groups in total. The second-order valence-electron chi connectivity index (χ2n) is 2.97. The molecule has 0 atom stereocenters. The summed E-state index contributed by atoms with van der Waals surface area (Å²) >= 11 is 0. The summed E-state index contributed by atoms with van der Waals surface area (Å²) in [6, 6.07) is 0. The standard InChI is InChI=1S/C7F10/c8-3-1(7(15,16)17)2(4(9)10)5(11,12)6(3,13)14. The predicted octanol–water partition coefficient (Wildman–Crippen LogP) is 4.21. The highest BCUT2D eigenvalue weighted by Crippen LogP contribution is 2.59. The molecule has 0 saturated heterocycles. The Balaban J connectivity index is 3.67. The van der Waals surface area contributed by atoms with Crippen LogP contribution < -0.4 is 0 Å². The molecule has 0 bridgehead atoms. The normalized spacial score (nSPS) is 23.3. The van der Waals surface area contributed by atoms with Crippen LogP contribution in [0.1, 0.15) is 0 Å². The van der Waals surface area contributed by atoms with E-state index >= 15 is 0 Å². The van der Waals surface area contributed by atoms with Gasteiger partial charge in [-0.1, -0.05) is 0 Å². The number of alkyl halides is 7. The van der Waals surface area contributed by atoms with Gasteiger partial charge in [0.25, 0.3) is 6.08 Å². The third-order valence-electron chi connectivity index (χ3n) is 1.93. The fourth-order valence-electron chi connectivity index (χ4n) is 1.20. The van der Waals surface area contributed by atoms with Crippen molar-refractivity contribution in [1.29, 1.82) is 0 Å². The van der Waals surface area contributed by atoms with Gasteiger partial charge in [0.2, 0.25) is 0 Å². The molecule has 0 nitrogen and oxygen atoms in total. The van der Waals surface area contributed by atoms with E-state index in [2.05, 4.69) is 0 Å². The average molecular weight is 274 g/mol. The Morgan fingerprint density at radius 2 is 1.29 bits per heavy atom. The number of hydrogen-bond acceptors (Lipinski definition) is 0. The molecular weight excluding hydrogens is 274 g/mol. The van der Waals surface area contributed by atoms with Crippen LogP contribution in [0, 0.1) is 0 Å². The van der Waals surface area contributed by atoms with Crippen LogP contribution in [0.5, 0.6) is 0 Å². The Morgan fingerprint density at radius 1 is 0.882 bits per heavy atom. The first-order valence-corrected chi connectivity index (χ1v) is 3.64. The van der Waals surface area contributed by atoms with Crippen molar-refractivity contribution in [3.05, 3.63) is 23.1 Å². The minimum absolute atomic E-state index is 3.33. The van der Waals surface area contributed by atoms with Gasteiger partial charge in [0, 0.05) is 0 Å². The van der Waals surface area contributed by atoms with Gasteiger partial charge in [-0.15, -0.1) is 0 Å². The highest BCUT2D eigenvalue weighted by molar-refractivity contribution is 5.53. The third-order valence-corrected chi connectivity index (χ3v) is 1.93. The molecular formula is C7F10. The molecule has 0 unspecified atom stereocenters. The summed E-state index contributed by atoms with van der Waals surface area (Å²) in [7, 11) is 0. The molecule has 17 heavy (non-hydrogen) atoms. The molecule has 0 fully saturated rings. The predicted molar refractivity (Wildman–Crippen MR) is 33.3 cm³/mol. The van der Waals surface area contributed by atoms with Gasteiger partial charge >= 0.3 is 18.0 Å². The Morgan fingerprint density at radius 3 is 1.53 bits per heavy atom. The lowest BCUT2D eigenvalue weighted by atomic mass is 10.1. The van der Waals surface area contributed by atoms with Crippen molar-refractivity contribution < 1.29 is 43.9 Å². The quantitative estimate of drug-likeness (QED) is 0.580. The molecule has 0 amide bonds. The molecule has 0 radical (unpaired) electrons. The Labute approximate surface area is 86.2 Å². The largest absolute Gasteiger partial charge is 0.419 e. The van der Waals surface area contributed by atoms with Crippen molar-refractivity contribution in [3.8, 4) is 0 Å². The molecule has 0 aliphatic heterocycles. The van der Waals surface area contributed by atoms with E-state index in [-0.39, 0.29) is 0 Å². The van der Waals surface area contributed by atoms with Gasteiger partial charge < -0.3 is 0 Å². The van der Waals surface area contributed by atoms with Crippen LogP contribution in [-0.2, 0) is 0 Å².